The van der Waals surface area contributed by atoms with E-state index >= 15 is 0 Å². The van der Waals surface area contributed by atoms with Crippen molar-refractivity contribution in [1.29, 1.82) is 0 Å². The van der Waals surface area contributed by atoms with Gasteiger partial charge in [0.15, 0.2) is 0 Å². The molecule has 17 heavy (non-hydrogen) atoms. The predicted octanol–water partition coefficient (Wildman–Crippen LogP) is 2.87. The number of carbonyl (C=O) groups is 1. The molecule has 0 aliphatic carbocycles. The van der Waals surface area contributed by atoms with E-state index in [4.69, 9.17) is 4.74 Å². The molecule has 0 aromatic heterocycles. The van der Waals surface area contributed by atoms with Crippen molar-refractivity contribution < 1.29 is 9.53 Å². The Morgan fingerprint density at radius 3 is 2.71 bits per heavy atom. The van der Waals surface area contributed by atoms with E-state index in [0.29, 0.717) is 13.2 Å². The Balaban J connectivity index is 3.94. The molecule has 3 heteroatoms. The Bertz CT molecular complexity index is 362. The second-order valence-electron chi connectivity index (χ2n) is 3.42. The molecule has 0 aliphatic rings. The fraction of sp³-hybridized carbons (Fsp3) is 0.286. The monoisotopic (exact) mass is 233 g/mol. The van der Waals surface area contributed by atoms with Gasteiger partial charge in [-0.25, -0.2) is 0 Å². The second kappa shape index (κ2) is 9.33. The van der Waals surface area contributed by atoms with Crippen LogP contribution in [0, 0.1) is 0 Å². The molecule has 0 aliphatic heterocycles. The normalized spacial score (nSPS) is 12.0. The molecule has 0 heterocycles. The average Bonchev–Trinajstić information content (AvgIpc) is 2.27. The molecule has 0 atom stereocenters. The minimum Gasteiger partial charge on any atom is -0.464 e. The molecule has 92 valence electrons. The van der Waals surface area contributed by atoms with Crippen molar-refractivity contribution in [2.45, 2.75) is 13.8 Å². The SMILES string of the molecule is C=CC(=C)/C=C/C=C(\C)C=NCCOC(C)=O. The van der Waals surface area contributed by atoms with Crippen LogP contribution in [0.25, 0.3) is 0 Å². The molecule has 0 radical (unpaired) electrons. The lowest BCUT2D eigenvalue weighted by molar-refractivity contribution is -0.140. The van der Waals surface area contributed by atoms with E-state index in [-0.39, 0.29) is 5.97 Å². The highest BCUT2D eigenvalue weighted by Gasteiger charge is 1.89. The first kappa shape index (κ1) is 15.1. The van der Waals surface area contributed by atoms with Crippen LogP contribution in [0.3, 0.4) is 0 Å². The third-order valence-electron chi connectivity index (χ3n) is 1.75. The van der Waals surface area contributed by atoms with Crippen LogP contribution in [0.2, 0.25) is 0 Å². The quantitative estimate of drug-likeness (QED) is 0.293. The fourth-order valence-electron chi connectivity index (χ4n) is 0.885. The number of aliphatic imine (C=N–C) groups is 1. The van der Waals surface area contributed by atoms with Gasteiger partial charge in [-0.1, -0.05) is 37.5 Å². The van der Waals surface area contributed by atoms with Crippen LogP contribution in [0.15, 0.2) is 53.6 Å². The van der Waals surface area contributed by atoms with E-state index in [2.05, 4.69) is 18.2 Å². The summed E-state index contributed by atoms with van der Waals surface area (Å²) in [5.41, 5.74) is 1.88. The van der Waals surface area contributed by atoms with Crippen LogP contribution in [-0.2, 0) is 9.53 Å². The van der Waals surface area contributed by atoms with E-state index in [1.54, 1.807) is 12.3 Å². The number of carbonyl (C=O) groups excluding carboxylic acids is 1. The summed E-state index contributed by atoms with van der Waals surface area (Å²) in [6, 6.07) is 0. The lowest BCUT2D eigenvalue weighted by Crippen LogP contribution is -2.03. The van der Waals surface area contributed by atoms with Crippen molar-refractivity contribution in [2.24, 2.45) is 4.99 Å². The minimum atomic E-state index is -0.279. The van der Waals surface area contributed by atoms with Crippen LogP contribution >= 0.6 is 0 Å². The summed E-state index contributed by atoms with van der Waals surface area (Å²) in [6.45, 7) is 11.5. The first-order valence-corrected chi connectivity index (χ1v) is 5.35. The molecule has 0 rings (SSSR count). The molecule has 0 amide bonds. The second-order valence-corrected chi connectivity index (χ2v) is 3.42. The van der Waals surface area contributed by atoms with E-state index in [1.165, 1.54) is 6.92 Å². The number of esters is 1. The third-order valence-corrected chi connectivity index (χ3v) is 1.75. The van der Waals surface area contributed by atoms with Crippen molar-refractivity contribution in [3.8, 4) is 0 Å². The van der Waals surface area contributed by atoms with E-state index in [0.717, 1.165) is 11.1 Å². The van der Waals surface area contributed by atoms with Crippen LogP contribution in [0.1, 0.15) is 13.8 Å². The van der Waals surface area contributed by atoms with Gasteiger partial charge in [0.2, 0.25) is 0 Å². The number of hydrogen-bond acceptors (Lipinski definition) is 3. The highest BCUT2D eigenvalue weighted by molar-refractivity contribution is 5.78. The van der Waals surface area contributed by atoms with Crippen molar-refractivity contribution in [2.75, 3.05) is 13.2 Å². The third kappa shape index (κ3) is 10.4. The Hall–Kier alpha value is -1.90. The van der Waals surface area contributed by atoms with Gasteiger partial charge in [-0.2, -0.15) is 0 Å². The number of ether oxygens (including phenoxy) is 1. The maximum Gasteiger partial charge on any atom is 0.302 e. The van der Waals surface area contributed by atoms with Gasteiger partial charge in [0.25, 0.3) is 0 Å². The Kier molecular flexibility index (Phi) is 8.29. The van der Waals surface area contributed by atoms with Gasteiger partial charge in [0.05, 0.1) is 6.54 Å². The molecule has 0 unspecified atom stereocenters. The Labute approximate surface area is 103 Å². The fourth-order valence-corrected chi connectivity index (χ4v) is 0.885. The zero-order valence-corrected chi connectivity index (χ0v) is 10.5. The van der Waals surface area contributed by atoms with Gasteiger partial charge in [0.1, 0.15) is 6.61 Å². The van der Waals surface area contributed by atoms with Crippen molar-refractivity contribution in [3.05, 3.63) is 48.6 Å². The highest BCUT2D eigenvalue weighted by atomic mass is 16.5. The summed E-state index contributed by atoms with van der Waals surface area (Å²) in [7, 11) is 0. The van der Waals surface area contributed by atoms with Gasteiger partial charge >= 0.3 is 5.97 Å². The first-order chi connectivity index (χ1) is 8.06. The number of nitrogens with zero attached hydrogens (tertiary/aromatic N) is 1. The molecule has 0 saturated carbocycles. The van der Waals surface area contributed by atoms with Gasteiger partial charge in [-0.05, 0) is 18.1 Å². The van der Waals surface area contributed by atoms with Gasteiger partial charge < -0.3 is 4.74 Å². The van der Waals surface area contributed by atoms with Crippen molar-refractivity contribution in [1.82, 2.24) is 0 Å². The van der Waals surface area contributed by atoms with Crippen LogP contribution < -0.4 is 0 Å². The molecule has 0 aromatic rings. The maximum absolute atomic E-state index is 10.5. The zero-order valence-electron chi connectivity index (χ0n) is 10.5. The smallest absolute Gasteiger partial charge is 0.302 e. The molecular weight excluding hydrogens is 214 g/mol. The summed E-state index contributed by atoms with van der Waals surface area (Å²) in [4.78, 5) is 14.6. The Morgan fingerprint density at radius 1 is 1.41 bits per heavy atom. The number of allylic oxidation sites excluding steroid dienone is 6. The van der Waals surface area contributed by atoms with E-state index in [9.17, 15) is 4.79 Å². The summed E-state index contributed by atoms with van der Waals surface area (Å²) < 4.78 is 4.74. The average molecular weight is 233 g/mol. The summed E-state index contributed by atoms with van der Waals surface area (Å²) >= 11 is 0. The van der Waals surface area contributed by atoms with Gasteiger partial charge in [0, 0.05) is 13.1 Å². The van der Waals surface area contributed by atoms with Crippen LogP contribution in [-0.4, -0.2) is 25.3 Å². The zero-order chi connectivity index (χ0) is 13.1. The first-order valence-electron chi connectivity index (χ1n) is 5.35. The lowest BCUT2D eigenvalue weighted by atomic mass is 10.2. The molecule has 0 bridgehead atoms. The summed E-state index contributed by atoms with van der Waals surface area (Å²) in [6.07, 6.45) is 9.10. The topological polar surface area (TPSA) is 38.7 Å². The largest absolute Gasteiger partial charge is 0.464 e. The van der Waals surface area contributed by atoms with Crippen molar-refractivity contribution in [3.63, 3.8) is 0 Å². The Morgan fingerprint density at radius 2 is 2.12 bits per heavy atom. The van der Waals surface area contributed by atoms with Gasteiger partial charge in [-0.15, -0.1) is 0 Å². The highest BCUT2D eigenvalue weighted by Crippen LogP contribution is 1.95. The minimum absolute atomic E-state index is 0.279. The summed E-state index contributed by atoms with van der Waals surface area (Å²) in [5, 5.41) is 0. The molecule has 3 nitrogen and oxygen atoms in total. The van der Waals surface area contributed by atoms with Crippen molar-refractivity contribution >= 4 is 12.2 Å². The lowest BCUT2D eigenvalue weighted by Gasteiger charge is -1.96. The van der Waals surface area contributed by atoms with E-state index in [1.807, 2.05) is 25.2 Å². The maximum atomic E-state index is 10.5. The molecule has 0 spiro atoms. The molecule has 0 saturated heterocycles. The summed E-state index contributed by atoms with van der Waals surface area (Å²) in [5.74, 6) is -0.279. The predicted molar refractivity (Wildman–Crippen MR) is 72.2 cm³/mol. The molecular formula is C14H19NO2. The number of rotatable bonds is 7. The molecule has 0 aromatic carbocycles. The van der Waals surface area contributed by atoms with Crippen LogP contribution in [0.4, 0.5) is 0 Å². The molecule has 0 fully saturated rings. The number of hydrogen-bond donors (Lipinski definition) is 0. The van der Waals surface area contributed by atoms with E-state index < -0.39 is 0 Å². The molecule has 0 N–H and O–H groups in total. The van der Waals surface area contributed by atoms with Gasteiger partial charge in [-0.3, -0.25) is 9.79 Å². The van der Waals surface area contributed by atoms with Crippen LogP contribution in [0.5, 0.6) is 0 Å². The standard InChI is InChI=1S/C14H19NO2/c1-5-12(2)7-6-8-13(3)11-15-9-10-17-14(4)16/h5-8,11H,1-2,9-10H2,3-4H3/b7-6+,13-8+,15-11?.